The minimum absolute atomic E-state index is 0.608. The highest BCUT2D eigenvalue weighted by atomic mass is 16.1. The Kier molecular flexibility index (Phi) is 3.27. The van der Waals surface area contributed by atoms with Crippen molar-refractivity contribution in [2.75, 3.05) is 0 Å². The van der Waals surface area contributed by atoms with Crippen molar-refractivity contribution in [1.82, 2.24) is 4.98 Å². The average molecular weight is 222 g/mol. The maximum atomic E-state index is 10.8. The lowest BCUT2D eigenvalue weighted by Crippen LogP contribution is -1.95. The summed E-state index contributed by atoms with van der Waals surface area (Å²) < 4.78 is 0. The third-order valence-electron chi connectivity index (χ3n) is 2.55. The van der Waals surface area contributed by atoms with Gasteiger partial charge in [-0.15, -0.1) is 0 Å². The van der Waals surface area contributed by atoms with E-state index >= 15 is 0 Å². The van der Waals surface area contributed by atoms with Gasteiger partial charge in [-0.05, 0) is 35.7 Å². The first-order valence-corrected chi connectivity index (χ1v) is 5.20. The SMILES string of the molecule is N#Cc1ccc(Cc2ccncc2C=O)cc1. The Bertz CT molecular complexity index is 568. The van der Waals surface area contributed by atoms with Crippen LogP contribution in [0.4, 0.5) is 0 Å². The number of carbonyl (C=O) groups excluding carboxylic acids is 1. The summed E-state index contributed by atoms with van der Waals surface area (Å²) in [5, 5.41) is 8.70. The molecule has 0 bridgehead atoms. The Morgan fingerprint density at radius 2 is 2.00 bits per heavy atom. The first-order chi connectivity index (χ1) is 8.33. The van der Waals surface area contributed by atoms with Gasteiger partial charge in [0, 0.05) is 18.0 Å². The fourth-order valence-electron chi connectivity index (χ4n) is 1.62. The molecule has 82 valence electrons. The predicted molar refractivity (Wildman–Crippen MR) is 63.6 cm³/mol. The number of aldehydes is 1. The highest BCUT2D eigenvalue weighted by Crippen LogP contribution is 2.12. The standard InChI is InChI=1S/C14H10N2O/c15-8-12-3-1-11(2-4-12)7-13-5-6-16-9-14(13)10-17/h1-6,9-10H,7H2. The van der Waals surface area contributed by atoms with Crippen LogP contribution in [0.3, 0.4) is 0 Å². The summed E-state index contributed by atoms with van der Waals surface area (Å²) in [6.45, 7) is 0. The van der Waals surface area contributed by atoms with Crippen LogP contribution >= 0.6 is 0 Å². The molecule has 0 saturated heterocycles. The smallest absolute Gasteiger partial charge is 0.151 e. The summed E-state index contributed by atoms with van der Waals surface area (Å²) in [5.74, 6) is 0. The van der Waals surface area contributed by atoms with Gasteiger partial charge in [0.1, 0.15) is 0 Å². The molecule has 2 aromatic rings. The van der Waals surface area contributed by atoms with Crippen molar-refractivity contribution < 1.29 is 4.79 Å². The number of hydrogen-bond donors (Lipinski definition) is 0. The molecule has 0 saturated carbocycles. The number of benzene rings is 1. The van der Waals surface area contributed by atoms with Crippen LogP contribution in [0.2, 0.25) is 0 Å². The molecular formula is C14H10N2O. The topological polar surface area (TPSA) is 53.8 Å². The highest BCUT2D eigenvalue weighted by molar-refractivity contribution is 5.76. The molecule has 0 fully saturated rings. The number of rotatable bonds is 3. The molecule has 0 atom stereocenters. The molecule has 1 heterocycles. The largest absolute Gasteiger partial charge is 0.298 e. The van der Waals surface area contributed by atoms with Gasteiger partial charge in [0.15, 0.2) is 6.29 Å². The molecule has 17 heavy (non-hydrogen) atoms. The molecule has 0 amide bonds. The summed E-state index contributed by atoms with van der Waals surface area (Å²) in [4.78, 5) is 14.7. The van der Waals surface area contributed by atoms with Crippen molar-refractivity contribution in [3.63, 3.8) is 0 Å². The number of aromatic nitrogens is 1. The van der Waals surface area contributed by atoms with E-state index in [9.17, 15) is 4.79 Å². The summed E-state index contributed by atoms with van der Waals surface area (Å²) in [6, 6.07) is 11.3. The Balaban J connectivity index is 2.25. The van der Waals surface area contributed by atoms with Crippen LogP contribution in [0.15, 0.2) is 42.7 Å². The fourth-order valence-corrected chi connectivity index (χ4v) is 1.62. The summed E-state index contributed by atoms with van der Waals surface area (Å²) in [5.41, 5.74) is 3.26. The van der Waals surface area contributed by atoms with E-state index in [4.69, 9.17) is 5.26 Å². The van der Waals surface area contributed by atoms with E-state index in [0.717, 1.165) is 17.4 Å². The van der Waals surface area contributed by atoms with Crippen LogP contribution in [0, 0.1) is 11.3 Å². The quantitative estimate of drug-likeness (QED) is 0.749. The second-order valence-corrected chi connectivity index (χ2v) is 3.68. The minimum atomic E-state index is 0.608. The van der Waals surface area contributed by atoms with E-state index in [1.165, 1.54) is 0 Å². The summed E-state index contributed by atoms with van der Waals surface area (Å²) >= 11 is 0. The van der Waals surface area contributed by atoms with Crippen molar-refractivity contribution in [3.8, 4) is 6.07 Å². The Morgan fingerprint density at radius 1 is 1.24 bits per heavy atom. The number of pyridine rings is 1. The molecule has 1 aromatic carbocycles. The Hall–Kier alpha value is -2.47. The van der Waals surface area contributed by atoms with Gasteiger partial charge in [-0.3, -0.25) is 9.78 Å². The lowest BCUT2D eigenvalue weighted by molar-refractivity contribution is 0.112. The van der Waals surface area contributed by atoms with Gasteiger partial charge < -0.3 is 0 Å². The van der Waals surface area contributed by atoms with Crippen LogP contribution < -0.4 is 0 Å². The second-order valence-electron chi connectivity index (χ2n) is 3.68. The van der Waals surface area contributed by atoms with Crippen LogP contribution in [0.1, 0.15) is 27.0 Å². The molecular weight excluding hydrogens is 212 g/mol. The van der Waals surface area contributed by atoms with Crippen LogP contribution in [0.5, 0.6) is 0 Å². The molecule has 3 nitrogen and oxygen atoms in total. The van der Waals surface area contributed by atoms with E-state index in [2.05, 4.69) is 11.1 Å². The number of nitriles is 1. The van der Waals surface area contributed by atoms with Crippen molar-refractivity contribution in [1.29, 1.82) is 5.26 Å². The molecule has 1 aromatic heterocycles. The number of carbonyl (C=O) groups is 1. The van der Waals surface area contributed by atoms with Gasteiger partial charge in [-0.25, -0.2) is 0 Å². The Labute approximate surface area is 99.4 Å². The van der Waals surface area contributed by atoms with Crippen LogP contribution in [-0.4, -0.2) is 11.3 Å². The average Bonchev–Trinajstić information content (AvgIpc) is 2.40. The Morgan fingerprint density at radius 3 is 2.65 bits per heavy atom. The summed E-state index contributed by atoms with van der Waals surface area (Å²) in [6.07, 6.45) is 4.71. The zero-order valence-corrected chi connectivity index (χ0v) is 9.13. The van der Waals surface area contributed by atoms with Crippen molar-refractivity contribution >= 4 is 6.29 Å². The van der Waals surface area contributed by atoms with E-state index in [-0.39, 0.29) is 0 Å². The monoisotopic (exact) mass is 222 g/mol. The van der Waals surface area contributed by atoms with Crippen LogP contribution in [-0.2, 0) is 6.42 Å². The van der Waals surface area contributed by atoms with Gasteiger partial charge in [0.05, 0.1) is 11.6 Å². The zero-order chi connectivity index (χ0) is 12.1. The zero-order valence-electron chi connectivity index (χ0n) is 9.13. The first-order valence-electron chi connectivity index (χ1n) is 5.20. The van der Waals surface area contributed by atoms with E-state index < -0.39 is 0 Å². The molecule has 0 aliphatic heterocycles. The summed E-state index contributed by atoms with van der Waals surface area (Å²) in [7, 11) is 0. The fraction of sp³-hybridized carbons (Fsp3) is 0.0714. The molecule has 2 rings (SSSR count). The van der Waals surface area contributed by atoms with Gasteiger partial charge in [0.25, 0.3) is 0 Å². The van der Waals surface area contributed by atoms with Crippen molar-refractivity contribution in [3.05, 3.63) is 65.0 Å². The highest BCUT2D eigenvalue weighted by Gasteiger charge is 2.02. The van der Waals surface area contributed by atoms with E-state index in [1.807, 2.05) is 18.2 Å². The van der Waals surface area contributed by atoms with Crippen LogP contribution in [0.25, 0.3) is 0 Å². The lowest BCUT2D eigenvalue weighted by atomic mass is 10.0. The maximum absolute atomic E-state index is 10.8. The second kappa shape index (κ2) is 5.04. The van der Waals surface area contributed by atoms with Gasteiger partial charge in [-0.1, -0.05) is 12.1 Å². The third-order valence-corrected chi connectivity index (χ3v) is 2.55. The normalized spacial score (nSPS) is 9.59. The van der Waals surface area contributed by atoms with Gasteiger partial charge in [-0.2, -0.15) is 5.26 Å². The molecule has 3 heteroatoms. The first kappa shape index (κ1) is 11.0. The van der Waals surface area contributed by atoms with Crippen molar-refractivity contribution in [2.24, 2.45) is 0 Å². The predicted octanol–water partition coefficient (Wildman–Crippen LogP) is 2.36. The van der Waals surface area contributed by atoms with Gasteiger partial charge in [0.2, 0.25) is 0 Å². The van der Waals surface area contributed by atoms with Gasteiger partial charge >= 0.3 is 0 Å². The lowest BCUT2D eigenvalue weighted by Gasteiger charge is -2.04. The molecule has 0 spiro atoms. The molecule has 0 radical (unpaired) electrons. The number of nitrogens with zero attached hydrogens (tertiary/aromatic N) is 2. The van der Waals surface area contributed by atoms with Crippen molar-refractivity contribution in [2.45, 2.75) is 6.42 Å². The molecule has 0 aliphatic rings. The van der Waals surface area contributed by atoms with E-state index in [0.29, 0.717) is 17.5 Å². The molecule has 0 N–H and O–H groups in total. The number of hydrogen-bond acceptors (Lipinski definition) is 3. The molecule has 0 unspecified atom stereocenters. The third kappa shape index (κ3) is 2.56. The van der Waals surface area contributed by atoms with E-state index in [1.54, 1.807) is 24.5 Å². The minimum Gasteiger partial charge on any atom is -0.298 e. The molecule has 0 aliphatic carbocycles. The maximum Gasteiger partial charge on any atom is 0.151 e.